The number of halogens is 3. The fourth-order valence-electron chi connectivity index (χ4n) is 4.78. The molecule has 0 bridgehead atoms. The lowest BCUT2D eigenvalue weighted by molar-refractivity contribution is -0.0494. The minimum Gasteiger partial charge on any atom is -0.343 e. The van der Waals surface area contributed by atoms with E-state index in [-0.39, 0.29) is 37.7 Å². The van der Waals surface area contributed by atoms with Crippen molar-refractivity contribution in [3.05, 3.63) is 95.9 Å². The van der Waals surface area contributed by atoms with Gasteiger partial charge in [0.15, 0.2) is 0 Å². The predicted molar refractivity (Wildman–Crippen MR) is 140 cm³/mol. The van der Waals surface area contributed by atoms with Crippen LogP contribution in [-0.4, -0.2) is 40.6 Å². The summed E-state index contributed by atoms with van der Waals surface area (Å²) in [5, 5.41) is 7.63. The molecule has 1 aliphatic heterocycles. The number of nitrogens with zero attached hydrogens (tertiary/aromatic N) is 2. The third-order valence-electron chi connectivity index (χ3n) is 7.01. The minimum absolute atomic E-state index is 0.0505. The van der Waals surface area contributed by atoms with E-state index in [1.807, 2.05) is 54.1 Å². The molecule has 5 rings (SSSR count). The van der Waals surface area contributed by atoms with Crippen molar-refractivity contribution in [2.24, 2.45) is 7.05 Å². The molecule has 0 saturated carbocycles. The molecule has 37 heavy (non-hydrogen) atoms. The Labute approximate surface area is 213 Å². The van der Waals surface area contributed by atoms with Crippen LogP contribution in [-0.2, 0) is 7.05 Å². The molecule has 0 unspecified atom stereocenters. The van der Waals surface area contributed by atoms with Crippen LogP contribution in [0.2, 0.25) is 0 Å². The van der Waals surface area contributed by atoms with E-state index >= 15 is 0 Å². The highest BCUT2D eigenvalue weighted by atomic mass is 19.3. The number of benzene rings is 3. The van der Waals surface area contributed by atoms with E-state index in [1.165, 1.54) is 23.2 Å². The summed E-state index contributed by atoms with van der Waals surface area (Å²) in [5.74, 6) is -3.26. The second kappa shape index (κ2) is 9.73. The van der Waals surface area contributed by atoms with Gasteiger partial charge in [-0.3, -0.25) is 4.79 Å². The molecule has 1 amide bonds. The fraction of sp³-hybridized carbons (Fsp3) is 0.200. The van der Waals surface area contributed by atoms with Gasteiger partial charge in [0.05, 0.1) is 5.69 Å². The number of hydrogen-bond acceptors (Lipinski definition) is 2. The molecule has 0 spiro atoms. The molecule has 1 aliphatic rings. The van der Waals surface area contributed by atoms with Crippen LogP contribution in [0, 0.1) is 11.2 Å². The van der Waals surface area contributed by atoms with Crippen LogP contribution in [0.1, 0.15) is 28.9 Å². The SMILES string of the molecule is Cn1c(C=N)ccc1-c1ccc(-c2ccc(C(=O)N3CCC(F)(F)CC3)cc2)cc1-c1ccc(F)cc1. The number of rotatable bonds is 5. The number of alkyl halides is 2. The number of piperidine rings is 1. The Bertz CT molecular complexity index is 1450. The van der Waals surface area contributed by atoms with Crippen molar-refractivity contribution in [1.82, 2.24) is 9.47 Å². The smallest absolute Gasteiger partial charge is 0.253 e. The highest BCUT2D eigenvalue weighted by molar-refractivity contribution is 5.95. The standard InChI is InChI=1S/C30H26F3N3O/c1-35-25(19-34)11-13-28(35)26-12-8-23(18-27(26)21-6-9-24(31)10-7-21)20-2-4-22(5-3-20)29(37)36-16-14-30(32,33)15-17-36/h2-13,18-19,34H,14-17H2,1H3. The molecule has 2 heterocycles. The Morgan fingerprint density at radius 3 is 2.08 bits per heavy atom. The molecule has 4 nitrogen and oxygen atoms in total. The zero-order valence-corrected chi connectivity index (χ0v) is 20.3. The molecule has 1 fully saturated rings. The maximum atomic E-state index is 13.7. The first-order valence-corrected chi connectivity index (χ1v) is 12.1. The predicted octanol–water partition coefficient (Wildman–Crippen LogP) is 7.03. The van der Waals surface area contributed by atoms with Crippen molar-refractivity contribution < 1.29 is 18.0 Å². The summed E-state index contributed by atoms with van der Waals surface area (Å²) in [6, 6.07) is 23.3. The molecule has 0 atom stereocenters. The van der Waals surface area contributed by atoms with Gasteiger partial charge in [0.1, 0.15) is 5.82 Å². The van der Waals surface area contributed by atoms with Gasteiger partial charge in [-0.05, 0) is 64.7 Å². The quantitative estimate of drug-likeness (QED) is 0.293. The van der Waals surface area contributed by atoms with E-state index in [4.69, 9.17) is 5.41 Å². The maximum Gasteiger partial charge on any atom is 0.253 e. The third kappa shape index (κ3) is 4.94. The van der Waals surface area contributed by atoms with Crippen LogP contribution in [0.3, 0.4) is 0 Å². The lowest BCUT2D eigenvalue weighted by atomic mass is 9.92. The summed E-state index contributed by atoms with van der Waals surface area (Å²) in [4.78, 5) is 14.3. The van der Waals surface area contributed by atoms with E-state index in [0.29, 0.717) is 5.56 Å². The number of aromatic nitrogens is 1. The highest BCUT2D eigenvalue weighted by Gasteiger charge is 2.35. The monoisotopic (exact) mass is 501 g/mol. The van der Waals surface area contributed by atoms with Gasteiger partial charge in [0, 0.05) is 56.0 Å². The van der Waals surface area contributed by atoms with Gasteiger partial charge in [0.2, 0.25) is 0 Å². The van der Waals surface area contributed by atoms with Crippen molar-refractivity contribution in [2.45, 2.75) is 18.8 Å². The summed E-state index contributed by atoms with van der Waals surface area (Å²) in [6.45, 7) is 0.101. The van der Waals surface area contributed by atoms with Crippen LogP contribution < -0.4 is 0 Å². The summed E-state index contributed by atoms with van der Waals surface area (Å²) in [5.41, 5.74) is 6.67. The van der Waals surface area contributed by atoms with E-state index in [1.54, 1.807) is 24.3 Å². The molecule has 7 heteroatoms. The summed E-state index contributed by atoms with van der Waals surface area (Å²) >= 11 is 0. The Balaban J connectivity index is 1.48. The zero-order chi connectivity index (χ0) is 26.2. The average Bonchev–Trinajstić information content (AvgIpc) is 3.28. The Kier molecular flexibility index (Phi) is 6.46. The topological polar surface area (TPSA) is 49.1 Å². The number of amides is 1. The van der Waals surface area contributed by atoms with Crippen molar-refractivity contribution in [3.63, 3.8) is 0 Å². The summed E-state index contributed by atoms with van der Waals surface area (Å²) in [6.07, 6.45) is 0.684. The molecule has 1 N–H and O–H groups in total. The van der Waals surface area contributed by atoms with Gasteiger partial charge in [-0.1, -0.05) is 36.4 Å². The van der Waals surface area contributed by atoms with Gasteiger partial charge >= 0.3 is 0 Å². The van der Waals surface area contributed by atoms with E-state index in [2.05, 4.69) is 0 Å². The van der Waals surface area contributed by atoms with Gasteiger partial charge in [-0.15, -0.1) is 0 Å². The van der Waals surface area contributed by atoms with Gasteiger partial charge < -0.3 is 14.9 Å². The van der Waals surface area contributed by atoms with E-state index in [9.17, 15) is 18.0 Å². The van der Waals surface area contributed by atoms with Crippen LogP contribution in [0.25, 0.3) is 33.5 Å². The lowest BCUT2D eigenvalue weighted by Crippen LogP contribution is -2.42. The van der Waals surface area contributed by atoms with E-state index < -0.39 is 5.92 Å². The molecule has 188 valence electrons. The molecule has 0 radical (unpaired) electrons. The van der Waals surface area contributed by atoms with E-state index in [0.717, 1.165) is 39.2 Å². The largest absolute Gasteiger partial charge is 0.343 e. The molecule has 3 aromatic carbocycles. The number of hydrogen-bond donors (Lipinski definition) is 1. The van der Waals surface area contributed by atoms with Crippen molar-refractivity contribution in [2.75, 3.05) is 13.1 Å². The molecule has 4 aromatic rings. The first kappa shape index (κ1) is 24.6. The Hall–Kier alpha value is -4.13. The lowest BCUT2D eigenvalue weighted by Gasteiger charge is -2.31. The zero-order valence-electron chi connectivity index (χ0n) is 20.3. The number of nitrogens with one attached hydrogen (secondary N) is 1. The van der Waals surface area contributed by atoms with Gasteiger partial charge in [0.25, 0.3) is 11.8 Å². The molecular weight excluding hydrogens is 475 g/mol. The first-order chi connectivity index (χ1) is 17.8. The number of carbonyl (C=O) groups is 1. The van der Waals surface area contributed by atoms with Crippen LogP contribution in [0.15, 0.2) is 78.9 Å². The number of likely N-dealkylation sites (tertiary alicyclic amines) is 1. The molecule has 0 aliphatic carbocycles. The first-order valence-electron chi connectivity index (χ1n) is 12.1. The second-order valence-corrected chi connectivity index (χ2v) is 9.34. The maximum absolute atomic E-state index is 13.7. The normalized spacial score (nSPS) is 15.0. The van der Waals surface area contributed by atoms with Crippen LogP contribution in [0.4, 0.5) is 13.2 Å². The molecular formula is C30H26F3N3O. The van der Waals surface area contributed by atoms with Crippen LogP contribution in [0.5, 0.6) is 0 Å². The minimum atomic E-state index is -2.70. The third-order valence-corrected chi connectivity index (χ3v) is 7.01. The van der Waals surface area contributed by atoms with Gasteiger partial charge in [-0.2, -0.15) is 0 Å². The van der Waals surface area contributed by atoms with Crippen LogP contribution >= 0.6 is 0 Å². The summed E-state index contributed by atoms with van der Waals surface area (Å²) in [7, 11) is 1.90. The fourth-order valence-corrected chi connectivity index (χ4v) is 4.78. The van der Waals surface area contributed by atoms with Crippen molar-refractivity contribution in [1.29, 1.82) is 5.41 Å². The second-order valence-electron chi connectivity index (χ2n) is 9.34. The number of carbonyl (C=O) groups excluding carboxylic acids is 1. The Morgan fingerprint density at radius 2 is 1.46 bits per heavy atom. The molecule has 1 aromatic heterocycles. The Morgan fingerprint density at radius 1 is 0.838 bits per heavy atom. The average molecular weight is 502 g/mol. The molecule has 1 saturated heterocycles. The van der Waals surface area contributed by atoms with Crippen molar-refractivity contribution >= 4 is 12.1 Å². The summed E-state index contributed by atoms with van der Waals surface area (Å²) < 4.78 is 42.5. The highest BCUT2D eigenvalue weighted by Crippen LogP contribution is 2.36. The van der Waals surface area contributed by atoms with Crippen molar-refractivity contribution in [3.8, 4) is 33.5 Å². The van der Waals surface area contributed by atoms with Gasteiger partial charge in [-0.25, -0.2) is 13.2 Å².